The van der Waals surface area contributed by atoms with Crippen molar-refractivity contribution in [3.05, 3.63) is 114 Å². The van der Waals surface area contributed by atoms with Gasteiger partial charge in [0, 0.05) is 16.9 Å². The molecule has 0 saturated heterocycles. The maximum absolute atomic E-state index is 16.0. The maximum Gasteiger partial charge on any atom is 0.127 e. The Balaban J connectivity index is 1.75. The van der Waals surface area contributed by atoms with E-state index in [1.54, 1.807) is 6.07 Å². The number of halogens is 1. The van der Waals surface area contributed by atoms with Crippen LogP contribution in [0.5, 0.6) is 0 Å². The van der Waals surface area contributed by atoms with Gasteiger partial charge in [-0.1, -0.05) is 102 Å². The van der Waals surface area contributed by atoms with Crippen LogP contribution in [0.15, 0.2) is 97.1 Å². The van der Waals surface area contributed by atoms with Gasteiger partial charge in [0.15, 0.2) is 0 Å². The van der Waals surface area contributed by atoms with E-state index >= 15 is 4.39 Å². The van der Waals surface area contributed by atoms with Gasteiger partial charge in [-0.2, -0.15) is 0 Å². The summed E-state index contributed by atoms with van der Waals surface area (Å²) in [5.41, 5.74) is 6.52. The molecule has 2 heteroatoms. The van der Waals surface area contributed by atoms with E-state index in [2.05, 4.69) is 119 Å². The smallest absolute Gasteiger partial charge is 0.127 e. The van der Waals surface area contributed by atoms with Crippen molar-refractivity contribution in [2.45, 2.75) is 52.4 Å². The fourth-order valence-electron chi connectivity index (χ4n) is 5.81. The minimum Gasteiger partial charge on any atom is -0.310 e. The summed E-state index contributed by atoms with van der Waals surface area (Å²) in [5.74, 6) is -0.109. The van der Waals surface area contributed by atoms with Crippen molar-refractivity contribution in [2.75, 3.05) is 4.90 Å². The Morgan fingerprint density at radius 1 is 0.600 bits per heavy atom. The molecule has 0 saturated carbocycles. The van der Waals surface area contributed by atoms with Gasteiger partial charge in [-0.3, -0.25) is 0 Å². The molecular weight excluding hydrogens is 429 g/mol. The van der Waals surface area contributed by atoms with Gasteiger partial charge in [-0.25, -0.2) is 4.39 Å². The molecule has 1 aliphatic carbocycles. The fourth-order valence-corrected chi connectivity index (χ4v) is 5.81. The quantitative estimate of drug-likeness (QED) is 0.291. The third-order valence-electron chi connectivity index (χ3n) is 9.00. The molecule has 0 amide bonds. The lowest BCUT2D eigenvalue weighted by Crippen LogP contribution is -2.42. The molecule has 0 fully saturated rings. The topological polar surface area (TPSA) is 3.24 Å². The minimum atomic E-state index is -0.270. The molecular formula is C33H34FN. The number of rotatable bonds is 4. The van der Waals surface area contributed by atoms with Gasteiger partial charge in [0.2, 0.25) is 0 Å². The highest BCUT2D eigenvalue weighted by Gasteiger charge is 2.58. The largest absolute Gasteiger partial charge is 0.310 e. The van der Waals surface area contributed by atoms with E-state index in [1.165, 1.54) is 0 Å². The highest BCUT2D eigenvalue weighted by molar-refractivity contribution is 5.88. The molecule has 4 aromatic rings. The Hall–Kier alpha value is -3.39. The van der Waals surface area contributed by atoms with Crippen molar-refractivity contribution < 1.29 is 4.39 Å². The average molecular weight is 464 g/mol. The monoisotopic (exact) mass is 463 g/mol. The van der Waals surface area contributed by atoms with Gasteiger partial charge in [-0.05, 0) is 69.3 Å². The molecule has 5 rings (SSSR count). The van der Waals surface area contributed by atoms with E-state index in [9.17, 15) is 0 Å². The standard InChI is InChI=1S/C33H34FN/c1-31(2)27-21-23(22-28(34)30(27)32(3,4)33(31,5)6)26-19-13-14-20-29(26)35(24-15-9-7-10-16-24)25-17-11-8-12-18-25/h7-22H,1-6H3. The van der Waals surface area contributed by atoms with Crippen LogP contribution in [0.1, 0.15) is 52.7 Å². The van der Waals surface area contributed by atoms with E-state index in [1.807, 2.05) is 18.2 Å². The second-order valence-corrected chi connectivity index (χ2v) is 11.3. The van der Waals surface area contributed by atoms with Crippen LogP contribution in [-0.2, 0) is 10.8 Å². The van der Waals surface area contributed by atoms with E-state index in [0.717, 1.165) is 39.3 Å². The normalized spacial score (nSPS) is 17.1. The van der Waals surface area contributed by atoms with Crippen molar-refractivity contribution in [1.29, 1.82) is 0 Å². The molecule has 1 aliphatic rings. The van der Waals surface area contributed by atoms with Crippen LogP contribution in [0.2, 0.25) is 0 Å². The Bertz CT molecular complexity index is 1330. The number of hydrogen-bond donors (Lipinski definition) is 0. The van der Waals surface area contributed by atoms with Gasteiger partial charge < -0.3 is 4.90 Å². The molecule has 0 aliphatic heterocycles. The van der Waals surface area contributed by atoms with Gasteiger partial charge in [0.25, 0.3) is 0 Å². The molecule has 0 bridgehead atoms. The Morgan fingerprint density at radius 3 is 1.69 bits per heavy atom. The Kier molecular flexibility index (Phi) is 5.40. The van der Waals surface area contributed by atoms with Crippen LogP contribution in [-0.4, -0.2) is 0 Å². The number of benzene rings is 4. The van der Waals surface area contributed by atoms with Crippen molar-refractivity contribution in [3.63, 3.8) is 0 Å². The van der Waals surface area contributed by atoms with Crippen LogP contribution >= 0.6 is 0 Å². The number of hydrogen-bond acceptors (Lipinski definition) is 1. The van der Waals surface area contributed by atoms with Crippen molar-refractivity contribution in [2.24, 2.45) is 5.41 Å². The van der Waals surface area contributed by atoms with Crippen molar-refractivity contribution in [1.82, 2.24) is 0 Å². The van der Waals surface area contributed by atoms with E-state index in [-0.39, 0.29) is 22.1 Å². The van der Waals surface area contributed by atoms with Gasteiger partial charge in [0.05, 0.1) is 5.69 Å². The molecule has 0 heterocycles. The molecule has 1 nitrogen and oxygen atoms in total. The first-order valence-electron chi connectivity index (χ1n) is 12.4. The van der Waals surface area contributed by atoms with Crippen molar-refractivity contribution >= 4 is 17.1 Å². The molecule has 0 aromatic heterocycles. The van der Waals surface area contributed by atoms with E-state index in [0.29, 0.717) is 0 Å². The summed E-state index contributed by atoms with van der Waals surface area (Å²) in [4.78, 5) is 2.25. The van der Waals surface area contributed by atoms with Crippen molar-refractivity contribution in [3.8, 4) is 11.1 Å². The predicted molar refractivity (Wildman–Crippen MR) is 146 cm³/mol. The summed E-state index contributed by atoms with van der Waals surface area (Å²) >= 11 is 0. The zero-order valence-corrected chi connectivity index (χ0v) is 21.6. The zero-order valence-electron chi connectivity index (χ0n) is 21.6. The number of nitrogens with zero attached hydrogens (tertiary/aromatic N) is 1. The summed E-state index contributed by atoms with van der Waals surface area (Å²) in [6.45, 7) is 13.4. The molecule has 0 spiro atoms. The summed E-state index contributed by atoms with van der Waals surface area (Å²) < 4.78 is 16.0. The summed E-state index contributed by atoms with van der Waals surface area (Å²) in [6, 6.07) is 33.0. The first-order chi connectivity index (χ1) is 16.6. The lowest BCUT2D eigenvalue weighted by atomic mass is 9.59. The second kappa shape index (κ2) is 8.09. The summed E-state index contributed by atoms with van der Waals surface area (Å²) in [6.07, 6.45) is 0. The molecule has 35 heavy (non-hydrogen) atoms. The summed E-state index contributed by atoms with van der Waals surface area (Å²) in [7, 11) is 0. The average Bonchev–Trinajstić information content (AvgIpc) is 2.95. The lowest BCUT2D eigenvalue weighted by molar-refractivity contribution is 0.123. The Labute approximate surface area is 209 Å². The Morgan fingerprint density at radius 2 is 1.11 bits per heavy atom. The van der Waals surface area contributed by atoms with Crippen LogP contribution < -0.4 is 4.90 Å². The van der Waals surface area contributed by atoms with E-state index in [4.69, 9.17) is 0 Å². The molecule has 0 unspecified atom stereocenters. The SMILES string of the molecule is CC1(C)c2cc(-c3ccccc3N(c3ccccc3)c3ccccc3)cc(F)c2C(C)(C)C1(C)C. The maximum atomic E-state index is 16.0. The minimum absolute atomic E-state index is 0.0958. The molecule has 4 aromatic carbocycles. The number of para-hydroxylation sites is 3. The van der Waals surface area contributed by atoms with Gasteiger partial charge in [0.1, 0.15) is 5.82 Å². The van der Waals surface area contributed by atoms with Crippen LogP contribution in [0.3, 0.4) is 0 Å². The molecule has 0 N–H and O–H groups in total. The highest BCUT2D eigenvalue weighted by Crippen LogP contribution is 2.62. The van der Waals surface area contributed by atoms with Crippen LogP contribution in [0, 0.1) is 11.2 Å². The second-order valence-electron chi connectivity index (χ2n) is 11.3. The van der Waals surface area contributed by atoms with Crippen LogP contribution in [0.4, 0.5) is 21.5 Å². The number of fused-ring (bicyclic) bond motifs is 1. The molecule has 0 atom stereocenters. The highest BCUT2D eigenvalue weighted by atomic mass is 19.1. The fraction of sp³-hybridized carbons (Fsp3) is 0.273. The summed E-state index contributed by atoms with van der Waals surface area (Å²) in [5, 5.41) is 0. The lowest BCUT2D eigenvalue weighted by Gasteiger charge is -2.44. The van der Waals surface area contributed by atoms with Crippen LogP contribution in [0.25, 0.3) is 11.1 Å². The number of anilines is 3. The third kappa shape index (κ3) is 3.42. The molecule has 178 valence electrons. The first kappa shape index (κ1) is 23.4. The third-order valence-corrected chi connectivity index (χ3v) is 9.00. The van der Waals surface area contributed by atoms with Gasteiger partial charge >= 0.3 is 0 Å². The predicted octanol–water partition coefficient (Wildman–Crippen LogP) is 9.56. The first-order valence-corrected chi connectivity index (χ1v) is 12.4. The van der Waals surface area contributed by atoms with Gasteiger partial charge in [-0.15, -0.1) is 0 Å². The van der Waals surface area contributed by atoms with E-state index < -0.39 is 0 Å². The molecule has 0 radical (unpaired) electrons. The zero-order chi connectivity index (χ0) is 25.0.